The normalized spacial score (nSPS) is 11.9. The van der Waals surface area contributed by atoms with Crippen molar-refractivity contribution < 1.29 is 4.42 Å². The van der Waals surface area contributed by atoms with Crippen molar-refractivity contribution in [1.82, 2.24) is 19.5 Å². The van der Waals surface area contributed by atoms with Crippen LogP contribution in [-0.4, -0.2) is 19.5 Å². The van der Waals surface area contributed by atoms with Crippen LogP contribution in [-0.2, 0) is 0 Å². The maximum atomic E-state index is 6.98. The van der Waals surface area contributed by atoms with Crippen molar-refractivity contribution in [3.8, 4) is 51.0 Å². The van der Waals surface area contributed by atoms with E-state index in [1.165, 1.54) is 42.0 Å². The molecule has 0 atom stereocenters. The second kappa shape index (κ2) is 12.6. The van der Waals surface area contributed by atoms with Crippen molar-refractivity contribution in [2.45, 2.75) is 0 Å². The highest BCUT2D eigenvalue weighted by atomic mass is 32.1. The quantitative estimate of drug-likeness (QED) is 0.176. The molecule has 266 valence electrons. The van der Waals surface area contributed by atoms with Gasteiger partial charge in [-0.05, 0) is 54.1 Å². The van der Waals surface area contributed by atoms with Gasteiger partial charge in [-0.3, -0.25) is 0 Å². The molecule has 12 rings (SSSR count). The molecule has 6 heteroatoms. The van der Waals surface area contributed by atoms with Gasteiger partial charge in [0, 0.05) is 64.1 Å². The van der Waals surface area contributed by atoms with Crippen molar-refractivity contribution in [2.24, 2.45) is 0 Å². The van der Waals surface area contributed by atoms with Crippen LogP contribution < -0.4 is 0 Å². The molecular formula is C51H30N4OS. The first-order chi connectivity index (χ1) is 28.2. The molecule has 8 aromatic carbocycles. The van der Waals surface area contributed by atoms with E-state index in [-0.39, 0.29) is 0 Å². The molecule has 12 aromatic rings. The Kier molecular flexibility index (Phi) is 7.03. The molecule has 0 bridgehead atoms. The van der Waals surface area contributed by atoms with E-state index in [0.29, 0.717) is 17.5 Å². The lowest BCUT2D eigenvalue weighted by Gasteiger charge is -2.08. The Labute approximate surface area is 330 Å². The van der Waals surface area contributed by atoms with Gasteiger partial charge in [0.25, 0.3) is 0 Å². The summed E-state index contributed by atoms with van der Waals surface area (Å²) in [5.74, 6) is 1.80. The second-order valence-corrected chi connectivity index (χ2v) is 15.5. The number of furan rings is 1. The monoisotopic (exact) mass is 746 g/mol. The largest absolute Gasteiger partial charge is 0.455 e. The van der Waals surface area contributed by atoms with Gasteiger partial charge in [-0.15, -0.1) is 11.3 Å². The average molecular weight is 747 g/mol. The van der Waals surface area contributed by atoms with Crippen LogP contribution in [0.3, 0.4) is 0 Å². The third-order valence-electron chi connectivity index (χ3n) is 11.1. The number of rotatable bonds is 5. The lowest BCUT2D eigenvalue weighted by molar-refractivity contribution is 0.670. The van der Waals surface area contributed by atoms with Crippen LogP contribution in [0.1, 0.15) is 0 Å². The fraction of sp³-hybridized carbons (Fsp3) is 0. The van der Waals surface area contributed by atoms with E-state index in [0.717, 1.165) is 55.4 Å². The number of nitrogens with zero attached hydrogens (tertiary/aromatic N) is 4. The first-order valence-electron chi connectivity index (χ1n) is 19.0. The summed E-state index contributed by atoms with van der Waals surface area (Å²) in [4.78, 5) is 15.0. The van der Waals surface area contributed by atoms with Crippen molar-refractivity contribution in [2.75, 3.05) is 0 Å². The van der Waals surface area contributed by atoms with E-state index in [1.54, 1.807) is 0 Å². The highest BCUT2D eigenvalue weighted by molar-refractivity contribution is 7.25. The van der Waals surface area contributed by atoms with Gasteiger partial charge in [0.15, 0.2) is 17.5 Å². The Balaban J connectivity index is 1.07. The molecule has 0 saturated carbocycles. The Morgan fingerprint density at radius 1 is 0.368 bits per heavy atom. The van der Waals surface area contributed by atoms with Crippen LogP contribution in [0.15, 0.2) is 186 Å². The maximum Gasteiger partial charge on any atom is 0.167 e. The molecule has 0 aliphatic rings. The van der Waals surface area contributed by atoms with Gasteiger partial charge in [-0.25, -0.2) is 15.0 Å². The standard InChI is InChI=1S/C51H30N4OS/c1-4-14-31(15-5-1)49-52-50(32-16-6-2-7-17-32)54-51(53-49)39-24-13-23-38-37-22-12-21-35(47(37)56-48(38)39)33-26-27-43-40(28-33)41-30-46-42(36-20-10-11-25-45(36)57-46)29-44(41)55(43)34-18-8-3-9-19-34/h1-30H. The second-order valence-electron chi connectivity index (χ2n) is 14.4. The summed E-state index contributed by atoms with van der Waals surface area (Å²) >= 11 is 1.86. The van der Waals surface area contributed by atoms with Crippen LogP contribution in [0.5, 0.6) is 0 Å². The van der Waals surface area contributed by atoms with Crippen LogP contribution >= 0.6 is 11.3 Å². The predicted molar refractivity (Wildman–Crippen MR) is 236 cm³/mol. The van der Waals surface area contributed by atoms with Crippen LogP contribution in [0.2, 0.25) is 0 Å². The fourth-order valence-electron chi connectivity index (χ4n) is 8.41. The highest BCUT2D eigenvalue weighted by Gasteiger charge is 2.21. The Bertz CT molecular complexity index is 3460. The summed E-state index contributed by atoms with van der Waals surface area (Å²) in [5, 5.41) is 7.07. The SMILES string of the molecule is c1ccc(-c2nc(-c3ccccc3)nc(-c3cccc4c3oc3c(-c5ccc6c(c5)c5cc7sc8ccccc8c7cc5n6-c5ccccc5)cccc34)n2)cc1. The molecule has 0 amide bonds. The van der Waals surface area contributed by atoms with Gasteiger partial charge in [-0.2, -0.15) is 0 Å². The topological polar surface area (TPSA) is 56.7 Å². The molecule has 0 aliphatic heterocycles. The third-order valence-corrected chi connectivity index (χ3v) is 12.2. The molecule has 0 radical (unpaired) electrons. The summed E-state index contributed by atoms with van der Waals surface area (Å²) in [7, 11) is 0. The summed E-state index contributed by atoms with van der Waals surface area (Å²) in [5.41, 5.74) is 9.87. The summed E-state index contributed by atoms with van der Waals surface area (Å²) in [6, 6.07) is 63.8. The predicted octanol–water partition coefficient (Wildman–Crippen LogP) is 13.9. The maximum absolute atomic E-state index is 6.98. The first-order valence-corrected chi connectivity index (χ1v) is 19.8. The summed E-state index contributed by atoms with van der Waals surface area (Å²) in [6.45, 7) is 0. The lowest BCUT2D eigenvalue weighted by Crippen LogP contribution is -2.00. The van der Waals surface area contributed by atoms with Gasteiger partial charge in [0.05, 0.1) is 16.6 Å². The van der Waals surface area contributed by atoms with Crippen molar-refractivity contribution in [3.05, 3.63) is 182 Å². The first kappa shape index (κ1) is 31.9. The minimum absolute atomic E-state index is 0.566. The zero-order valence-electron chi connectivity index (χ0n) is 30.4. The number of hydrogen-bond acceptors (Lipinski definition) is 5. The molecule has 0 aliphatic carbocycles. The number of hydrogen-bond donors (Lipinski definition) is 0. The zero-order valence-corrected chi connectivity index (χ0v) is 31.2. The van der Waals surface area contributed by atoms with Crippen molar-refractivity contribution in [3.63, 3.8) is 0 Å². The van der Waals surface area contributed by atoms with Gasteiger partial charge < -0.3 is 8.98 Å². The van der Waals surface area contributed by atoms with Gasteiger partial charge in [0.1, 0.15) is 11.2 Å². The van der Waals surface area contributed by atoms with E-state index in [2.05, 4.69) is 120 Å². The van der Waals surface area contributed by atoms with E-state index in [1.807, 2.05) is 78.1 Å². The van der Waals surface area contributed by atoms with E-state index < -0.39 is 0 Å². The molecule has 57 heavy (non-hydrogen) atoms. The molecule has 0 unspecified atom stereocenters. The molecule has 5 nitrogen and oxygen atoms in total. The zero-order chi connectivity index (χ0) is 37.5. The molecular weight excluding hydrogens is 717 g/mol. The number of thiophene rings is 1. The average Bonchev–Trinajstić information content (AvgIpc) is 3.95. The van der Waals surface area contributed by atoms with Gasteiger partial charge >= 0.3 is 0 Å². The number of benzene rings is 8. The van der Waals surface area contributed by atoms with Crippen LogP contribution in [0, 0.1) is 0 Å². The Morgan fingerprint density at radius 2 is 0.947 bits per heavy atom. The van der Waals surface area contributed by atoms with Crippen LogP contribution in [0.25, 0.3) is 115 Å². The van der Waals surface area contributed by atoms with Gasteiger partial charge in [0.2, 0.25) is 0 Å². The molecule has 0 fully saturated rings. The smallest absolute Gasteiger partial charge is 0.167 e. The molecule has 0 N–H and O–H groups in total. The van der Waals surface area contributed by atoms with E-state index in [9.17, 15) is 0 Å². The third kappa shape index (κ3) is 5.04. The number of fused-ring (bicyclic) bond motifs is 9. The number of para-hydroxylation sites is 3. The Morgan fingerprint density at radius 3 is 1.67 bits per heavy atom. The van der Waals surface area contributed by atoms with Crippen molar-refractivity contribution >= 4 is 75.3 Å². The Hall–Kier alpha value is -7.41. The van der Waals surface area contributed by atoms with Crippen molar-refractivity contribution in [1.29, 1.82) is 0 Å². The van der Waals surface area contributed by atoms with Crippen LogP contribution in [0.4, 0.5) is 0 Å². The number of aromatic nitrogens is 4. The molecule has 4 heterocycles. The van der Waals surface area contributed by atoms with E-state index >= 15 is 0 Å². The summed E-state index contributed by atoms with van der Waals surface area (Å²) < 4.78 is 12.0. The molecule has 0 saturated heterocycles. The highest BCUT2D eigenvalue weighted by Crippen LogP contribution is 2.44. The fourth-order valence-corrected chi connectivity index (χ4v) is 9.54. The lowest BCUT2D eigenvalue weighted by atomic mass is 9.99. The molecule has 0 spiro atoms. The minimum Gasteiger partial charge on any atom is -0.455 e. The summed E-state index contributed by atoms with van der Waals surface area (Å²) in [6.07, 6.45) is 0. The minimum atomic E-state index is 0.566. The van der Waals surface area contributed by atoms with E-state index in [4.69, 9.17) is 19.4 Å². The molecule has 4 aromatic heterocycles. The van der Waals surface area contributed by atoms with Gasteiger partial charge in [-0.1, -0.05) is 133 Å².